The standard InChI is InChI=1S/C24H21F3N4O4S2/c1-36(32,33)21-15-17(16-28)23(29-22(21)19-9-5-6-10-20(19)24(25,26)27)30-11-13-31(14-12-30)37(34,35)18-7-3-2-4-8-18/h2-10,15H,11-14H2,1H3. The molecule has 1 aliphatic rings. The van der Waals surface area contributed by atoms with Gasteiger partial charge in [-0.1, -0.05) is 36.4 Å². The van der Waals surface area contributed by atoms with Crippen LogP contribution < -0.4 is 4.90 Å². The average Bonchev–Trinajstić information content (AvgIpc) is 2.87. The first kappa shape index (κ1) is 26.6. The largest absolute Gasteiger partial charge is 0.417 e. The summed E-state index contributed by atoms with van der Waals surface area (Å²) >= 11 is 0. The van der Waals surface area contributed by atoms with E-state index in [2.05, 4.69) is 4.98 Å². The monoisotopic (exact) mass is 550 g/mol. The number of hydrogen-bond donors (Lipinski definition) is 0. The Morgan fingerprint density at radius 2 is 1.51 bits per heavy atom. The van der Waals surface area contributed by atoms with Crippen LogP contribution in [0.2, 0.25) is 0 Å². The quantitative estimate of drug-likeness (QED) is 0.478. The van der Waals surface area contributed by atoms with Gasteiger partial charge in [0.2, 0.25) is 10.0 Å². The molecular formula is C24H21F3N4O4S2. The minimum absolute atomic E-state index is 0.0152. The van der Waals surface area contributed by atoms with Crippen LogP contribution in [-0.2, 0) is 26.0 Å². The van der Waals surface area contributed by atoms with Gasteiger partial charge in [0.25, 0.3) is 0 Å². The van der Waals surface area contributed by atoms with Crippen molar-refractivity contribution in [2.75, 3.05) is 37.3 Å². The molecule has 4 rings (SSSR count). The van der Waals surface area contributed by atoms with Crippen LogP contribution in [0, 0.1) is 11.3 Å². The van der Waals surface area contributed by atoms with Crippen molar-refractivity contribution in [3.63, 3.8) is 0 Å². The molecule has 37 heavy (non-hydrogen) atoms. The number of anilines is 1. The number of sulfonamides is 1. The Morgan fingerprint density at radius 3 is 2.08 bits per heavy atom. The molecule has 0 radical (unpaired) electrons. The Hall–Kier alpha value is -3.47. The molecule has 1 aromatic heterocycles. The van der Waals surface area contributed by atoms with E-state index in [1.165, 1.54) is 28.6 Å². The summed E-state index contributed by atoms with van der Waals surface area (Å²) in [4.78, 5) is 5.47. The van der Waals surface area contributed by atoms with Crippen LogP contribution in [0.1, 0.15) is 11.1 Å². The summed E-state index contributed by atoms with van der Waals surface area (Å²) in [6, 6.07) is 15.2. The fraction of sp³-hybridized carbons (Fsp3) is 0.250. The second-order valence-corrected chi connectivity index (χ2v) is 12.3. The first-order valence-corrected chi connectivity index (χ1v) is 14.3. The number of hydrogen-bond acceptors (Lipinski definition) is 7. The molecule has 0 unspecified atom stereocenters. The Labute approximate surface area is 212 Å². The van der Waals surface area contributed by atoms with Gasteiger partial charge in [-0.2, -0.15) is 22.7 Å². The number of alkyl halides is 3. The normalized spacial score (nSPS) is 15.4. The average molecular weight is 551 g/mol. The summed E-state index contributed by atoms with van der Waals surface area (Å²) in [6.45, 7) is 0.247. The van der Waals surface area contributed by atoms with Crippen LogP contribution in [0.5, 0.6) is 0 Å². The number of aromatic nitrogens is 1. The van der Waals surface area contributed by atoms with E-state index in [0.29, 0.717) is 0 Å². The molecule has 2 heterocycles. The van der Waals surface area contributed by atoms with E-state index < -0.39 is 47.8 Å². The van der Waals surface area contributed by atoms with Crippen LogP contribution in [0.25, 0.3) is 11.3 Å². The molecule has 194 valence electrons. The molecule has 0 bridgehead atoms. The molecule has 3 aromatic rings. The third-order valence-corrected chi connectivity index (χ3v) is 8.92. The van der Waals surface area contributed by atoms with Gasteiger partial charge in [-0.3, -0.25) is 0 Å². The highest BCUT2D eigenvalue weighted by atomic mass is 32.2. The predicted molar refractivity (Wildman–Crippen MR) is 130 cm³/mol. The molecule has 0 N–H and O–H groups in total. The molecule has 13 heteroatoms. The van der Waals surface area contributed by atoms with E-state index in [-0.39, 0.29) is 42.5 Å². The van der Waals surface area contributed by atoms with Gasteiger partial charge in [-0.05, 0) is 24.3 Å². The zero-order valence-electron chi connectivity index (χ0n) is 19.5. The van der Waals surface area contributed by atoms with Gasteiger partial charge in [0.1, 0.15) is 11.9 Å². The Morgan fingerprint density at radius 1 is 0.919 bits per heavy atom. The number of pyridine rings is 1. The van der Waals surface area contributed by atoms with Crippen molar-refractivity contribution in [2.45, 2.75) is 16.0 Å². The SMILES string of the molecule is CS(=O)(=O)c1cc(C#N)c(N2CCN(S(=O)(=O)c3ccccc3)CC2)nc1-c1ccccc1C(F)(F)F. The highest BCUT2D eigenvalue weighted by molar-refractivity contribution is 7.90. The Bertz CT molecular complexity index is 1580. The number of halogens is 3. The highest BCUT2D eigenvalue weighted by Gasteiger charge is 2.36. The first-order valence-electron chi connectivity index (χ1n) is 11.0. The van der Waals surface area contributed by atoms with Crippen LogP contribution in [0.15, 0.2) is 70.5 Å². The van der Waals surface area contributed by atoms with Crippen molar-refractivity contribution in [1.82, 2.24) is 9.29 Å². The number of rotatable bonds is 5. The summed E-state index contributed by atoms with van der Waals surface area (Å²) in [6.07, 6.45) is -3.95. The van der Waals surface area contributed by atoms with Gasteiger partial charge >= 0.3 is 6.18 Å². The van der Waals surface area contributed by atoms with Gasteiger partial charge in [0.05, 0.1) is 26.6 Å². The second kappa shape index (κ2) is 9.77. The third-order valence-electron chi connectivity index (χ3n) is 5.89. The summed E-state index contributed by atoms with van der Waals surface area (Å²) < 4.78 is 93.5. The predicted octanol–water partition coefficient (Wildman–Crippen LogP) is 3.55. The maximum Gasteiger partial charge on any atom is 0.417 e. The van der Waals surface area contributed by atoms with Crippen LogP contribution in [-0.4, -0.2) is 58.6 Å². The lowest BCUT2D eigenvalue weighted by atomic mass is 10.0. The third kappa shape index (κ3) is 5.31. The molecule has 0 aliphatic carbocycles. The number of piperazine rings is 1. The molecule has 0 amide bonds. The van der Waals surface area contributed by atoms with Crippen molar-refractivity contribution >= 4 is 25.7 Å². The smallest absolute Gasteiger partial charge is 0.353 e. The molecule has 1 fully saturated rings. The number of nitriles is 1. The molecule has 0 spiro atoms. The summed E-state index contributed by atoms with van der Waals surface area (Å²) in [7, 11) is -7.84. The Kier molecular flexibility index (Phi) is 7.02. The van der Waals surface area contributed by atoms with E-state index in [1.807, 2.05) is 6.07 Å². The number of sulfone groups is 1. The Balaban J connectivity index is 1.77. The molecule has 2 aromatic carbocycles. The molecular weight excluding hydrogens is 529 g/mol. The molecule has 1 aliphatic heterocycles. The summed E-state index contributed by atoms with van der Waals surface area (Å²) in [5.74, 6) is -0.0152. The van der Waals surface area contributed by atoms with E-state index in [1.54, 1.807) is 23.1 Å². The molecule has 0 atom stereocenters. The maximum absolute atomic E-state index is 13.8. The number of nitrogens with zero attached hydrogens (tertiary/aromatic N) is 4. The van der Waals surface area contributed by atoms with Crippen molar-refractivity contribution < 1.29 is 30.0 Å². The lowest BCUT2D eigenvalue weighted by molar-refractivity contribution is -0.137. The molecule has 8 nitrogen and oxygen atoms in total. The van der Waals surface area contributed by atoms with Crippen molar-refractivity contribution in [3.05, 3.63) is 71.8 Å². The molecule has 0 saturated carbocycles. The van der Waals surface area contributed by atoms with E-state index in [9.17, 15) is 35.3 Å². The minimum Gasteiger partial charge on any atom is -0.353 e. The van der Waals surface area contributed by atoms with Gasteiger partial charge in [-0.15, -0.1) is 0 Å². The zero-order chi connectivity index (χ0) is 27.0. The van der Waals surface area contributed by atoms with Gasteiger partial charge in [-0.25, -0.2) is 21.8 Å². The van der Waals surface area contributed by atoms with Gasteiger partial charge in [0, 0.05) is 38.0 Å². The summed E-state index contributed by atoms with van der Waals surface area (Å²) in [5.41, 5.74) is -2.08. The maximum atomic E-state index is 13.8. The highest BCUT2D eigenvalue weighted by Crippen LogP contribution is 2.40. The topological polar surface area (TPSA) is 111 Å². The van der Waals surface area contributed by atoms with Gasteiger partial charge < -0.3 is 4.90 Å². The fourth-order valence-electron chi connectivity index (χ4n) is 4.10. The minimum atomic E-state index is -4.78. The zero-order valence-corrected chi connectivity index (χ0v) is 21.1. The fourth-order valence-corrected chi connectivity index (χ4v) is 6.38. The lowest BCUT2D eigenvalue weighted by Crippen LogP contribution is -2.49. The van der Waals surface area contributed by atoms with Crippen molar-refractivity contribution in [3.8, 4) is 17.3 Å². The number of benzene rings is 2. The second-order valence-electron chi connectivity index (χ2n) is 8.34. The van der Waals surface area contributed by atoms with Crippen LogP contribution in [0.3, 0.4) is 0 Å². The van der Waals surface area contributed by atoms with Crippen LogP contribution in [0.4, 0.5) is 19.0 Å². The summed E-state index contributed by atoms with van der Waals surface area (Å²) in [5, 5.41) is 9.72. The van der Waals surface area contributed by atoms with E-state index in [0.717, 1.165) is 24.5 Å². The van der Waals surface area contributed by atoms with Crippen molar-refractivity contribution in [1.29, 1.82) is 5.26 Å². The van der Waals surface area contributed by atoms with E-state index >= 15 is 0 Å². The lowest BCUT2D eigenvalue weighted by Gasteiger charge is -2.35. The molecule has 1 saturated heterocycles. The first-order chi connectivity index (χ1) is 17.3. The van der Waals surface area contributed by atoms with Crippen LogP contribution >= 0.6 is 0 Å². The van der Waals surface area contributed by atoms with Gasteiger partial charge in [0.15, 0.2) is 9.84 Å². The van der Waals surface area contributed by atoms with E-state index in [4.69, 9.17) is 0 Å². The van der Waals surface area contributed by atoms with Crippen molar-refractivity contribution in [2.24, 2.45) is 0 Å².